The number of amides is 1. The predicted molar refractivity (Wildman–Crippen MR) is 145 cm³/mol. The second-order valence-corrected chi connectivity index (χ2v) is 9.47. The van der Waals surface area contributed by atoms with Crippen LogP contribution < -0.4 is 10.6 Å². The van der Waals surface area contributed by atoms with Crippen LogP contribution in [0.2, 0.25) is 0 Å². The minimum atomic E-state index is -0.582. The molecule has 1 atom stereocenters. The monoisotopic (exact) mass is 494 g/mol. The molecule has 36 heavy (non-hydrogen) atoms. The highest BCUT2D eigenvalue weighted by Crippen LogP contribution is 2.32. The molecule has 2 heterocycles. The van der Waals surface area contributed by atoms with Crippen molar-refractivity contribution in [2.75, 3.05) is 18.4 Å². The fourth-order valence-corrected chi connectivity index (χ4v) is 4.98. The molecule has 1 amide bonds. The number of carbonyl (C=O) groups excluding carboxylic acids is 1. The van der Waals surface area contributed by atoms with E-state index in [2.05, 4.69) is 15.6 Å². The third kappa shape index (κ3) is 5.66. The first-order chi connectivity index (χ1) is 17.7. The number of fused-ring (bicyclic) bond motifs is 1. The zero-order chi connectivity index (χ0) is 24.7. The Balaban J connectivity index is 1.18. The van der Waals surface area contributed by atoms with Crippen LogP contribution in [0.3, 0.4) is 0 Å². The third-order valence-electron chi connectivity index (χ3n) is 5.91. The van der Waals surface area contributed by atoms with Gasteiger partial charge in [0.15, 0.2) is 0 Å². The summed E-state index contributed by atoms with van der Waals surface area (Å²) in [5.74, 6) is -0.163. The van der Waals surface area contributed by atoms with Gasteiger partial charge in [0.25, 0.3) is 5.91 Å². The number of hydrogen-bond donors (Lipinski definition) is 3. The number of pyridine rings is 1. The maximum atomic E-state index is 13.1. The van der Waals surface area contributed by atoms with Gasteiger partial charge in [0, 0.05) is 41.3 Å². The molecule has 3 N–H and O–H groups in total. The molecule has 0 unspecified atom stereocenters. The number of anilines is 1. The van der Waals surface area contributed by atoms with Crippen molar-refractivity contribution in [3.63, 3.8) is 0 Å². The number of aromatic nitrogens is 2. The molecule has 0 saturated heterocycles. The largest absolute Gasteiger partial charge is 0.387 e. The van der Waals surface area contributed by atoms with Crippen molar-refractivity contribution in [3.05, 3.63) is 114 Å². The number of carbonyl (C=O) groups is 1. The Labute approximate surface area is 213 Å². The maximum absolute atomic E-state index is 13.1. The molecule has 180 valence electrons. The van der Waals surface area contributed by atoms with E-state index in [-0.39, 0.29) is 5.91 Å². The fraction of sp³-hybridized carbons (Fsp3) is 0.138. The summed E-state index contributed by atoms with van der Waals surface area (Å²) in [6.45, 7) is 1.20. The summed E-state index contributed by atoms with van der Waals surface area (Å²) in [4.78, 5) is 21.9. The van der Waals surface area contributed by atoms with Gasteiger partial charge in [-0.3, -0.25) is 9.78 Å². The van der Waals surface area contributed by atoms with Crippen molar-refractivity contribution in [2.24, 2.45) is 0 Å². The number of nitrogens with one attached hydrogen (secondary N) is 2. The van der Waals surface area contributed by atoms with Crippen molar-refractivity contribution < 1.29 is 9.90 Å². The lowest BCUT2D eigenvalue weighted by atomic mass is 10.1. The quantitative estimate of drug-likeness (QED) is 0.236. The molecule has 5 rings (SSSR count). The second-order valence-electron chi connectivity index (χ2n) is 8.44. The fourth-order valence-electron chi connectivity index (χ4n) is 3.97. The number of thiazole rings is 1. The number of benzene rings is 3. The van der Waals surface area contributed by atoms with Gasteiger partial charge in [-0.25, -0.2) is 4.98 Å². The number of rotatable bonds is 9. The van der Waals surface area contributed by atoms with E-state index in [4.69, 9.17) is 4.98 Å². The van der Waals surface area contributed by atoms with E-state index in [9.17, 15) is 9.90 Å². The third-order valence-corrected chi connectivity index (χ3v) is 6.97. The first kappa shape index (κ1) is 23.8. The topological polar surface area (TPSA) is 87.1 Å². The van der Waals surface area contributed by atoms with E-state index in [1.807, 2.05) is 84.9 Å². The number of para-hydroxylation sites is 1. The van der Waals surface area contributed by atoms with Crippen molar-refractivity contribution in [1.82, 2.24) is 15.3 Å². The molecule has 0 aliphatic carbocycles. The number of aliphatic hydroxyl groups excluding tert-OH is 1. The maximum Gasteiger partial charge on any atom is 0.256 e. The number of hydrogen-bond acceptors (Lipinski definition) is 6. The normalized spacial score (nSPS) is 11.9. The zero-order valence-corrected chi connectivity index (χ0v) is 20.4. The predicted octanol–water partition coefficient (Wildman–Crippen LogP) is 5.48. The van der Waals surface area contributed by atoms with E-state index < -0.39 is 6.10 Å². The van der Waals surface area contributed by atoms with E-state index in [0.717, 1.165) is 50.6 Å². The molecule has 0 radical (unpaired) electrons. The van der Waals surface area contributed by atoms with E-state index in [0.29, 0.717) is 12.1 Å². The molecule has 0 aliphatic rings. The van der Waals surface area contributed by atoms with Crippen LogP contribution in [0.4, 0.5) is 5.69 Å². The van der Waals surface area contributed by atoms with Gasteiger partial charge in [0.1, 0.15) is 5.01 Å². The first-order valence-corrected chi connectivity index (χ1v) is 12.6. The van der Waals surface area contributed by atoms with Gasteiger partial charge in [0.05, 0.1) is 16.3 Å². The molecule has 0 fully saturated rings. The van der Waals surface area contributed by atoms with Gasteiger partial charge in [0.2, 0.25) is 0 Å². The highest BCUT2D eigenvalue weighted by Gasteiger charge is 2.16. The van der Waals surface area contributed by atoms with Gasteiger partial charge in [-0.15, -0.1) is 11.3 Å². The second kappa shape index (κ2) is 11.2. The average Bonchev–Trinajstić information content (AvgIpc) is 3.37. The van der Waals surface area contributed by atoms with Crippen LogP contribution in [0, 0.1) is 0 Å². The van der Waals surface area contributed by atoms with Crippen LogP contribution >= 0.6 is 11.3 Å². The summed E-state index contributed by atoms with van der Waals surface area (Å²) in [5, 5.41) is 17.3. The molecule has 3 aromatic carbocycles. The summed E-state index contributed by atoms with van der Waals surface area (Å²) in [6, 6.07) is 27.1. The minimum absolute atomic E-state index is 0.163. The van der Waals surface area contributed by atoms with Gasteiger partial charge in [-0.05, 0) is 54.9 Å². The van der Waals surface area contributed by atoms with Crippen molar-refractivity contribution >= 4 is 33.1 Å². The van der Waals surface area contributed by atoms with E-state index in [1.54, 1.807) is 23.7 Å². The molecule has 7 heteroatoms. The summed E-state index contributed by atoms with van der Waals surface area (Å²) >= 11 is 1.58. The van der Waals surface area contributed by atoms with E-state index >= 15 is 0 Å². The molecule has 0 bridgehead atoms. The lowest BCUT2D eigenvalue weighted by Crippen LogP contribution is -2.23. The van der Waals surface area contributed by atoms with Crippen molar-refractivity contribution in [2.45, 2.75) is 12.5 Å². The Morgan fingerprint density at radius 2 is 1.75 bits per heavy atom. The van der Waals surface area contributed by atoms with Crippen LogP contribution in [-0.2, 0) is 6.42 Å². The van der Waals surface area contributed by atoms with Gasteiger partial charge in [-0.2, -0.15) is 0 Å². The first-order valence-electron chi connectivity index (χ1n) is 11.8. The van der Waals surface area contributed by atoms with Crippen LogP contribution in [0.5, 0.6) is 0 Å². The minimum Gasteiger partial charge on any atom is -0.387 e. The Hall–Kier alpha value is -3.91. The average molecular weight is 495 g/mol. The van der Waals surface area contributed by atoms with Crippen molar-refractivity contribution in [1.29, 1.82) is 0 Å². The summed E-state index contributed by atoms with van der Waals surface area (Å²) < 4.78 is 1.10. The highest BCUT2D eigenvalue weighted by atomic mass is 32.1. The Morgan fingerprint density at radius 3 is 2.56 bits per heavy atom. The van der Waals surface area contributed by atoms with Crippen LogP contribution in [-0.4, -0.2) is 34.1 Å². The standard InChI is InChI=1S/C29H26N4O2S/c34-26(21-6-5-16-30-18-21)19-31-17-15-20-11-13-22(14-12-20)32-28(35)23-7-1-2-8-24(23)29-33-25-9-3-4-10-27(25)36-29/h1-14,16,18,26,31,34H,15,17,19H2,(H,32,35)/t26-/m0/s1. The smallest absolute Gasteiger partial charge is 0.256 e. The molecule has 0 aliphatic heterocycles. The summed E-state index contributed by atoms with van der Waals surface area (Å²) in [5.41, 5.74) is 5.04. The van der Waals surface area contributed by atoms with Crippen molar-refractivity contribution in [3.8, 4) is 10.6 Å². The molecule has 0 spiro atoms. The Bertz CT molecular complexity index is 1420. The molecular formula is C29H26N4O2S. The zero-order valence-electron chi connectivity index (χ0n) is 19.6. The Kier molecular flexibility index (Phi) is 7.42. The molecule has 5 aromatic rings. The van der Waals surface area contributed by atoms with Crippen LogP contribution in [0.25, 0.3) is 20.8 Å². The molecule has 6 nitrogen and oxygen atoms in total. The highest BCUT2D eigenvalue weighted by molar-refractivity contribution is 7.21. The van der Waals surface area contributed by atoms with E-state index in [1.165, 1.54) is 0 Å². The lowest BCUT2D eigenvalue weighted by molar-refractivity contribution is 0.102. The summed E-state index contributed by atoms with van der Waals surface area (Å²) in [6.07, 6.45) is 3.60. The Morgan fingerprint density at radius 1 is 0.944 bits per heavy atom. The summed E-state index contributed by atoms with van der Waals surface area (Å²) in [7, 11) is 0. The van der Waals surface area contributed by atoms with Gasteiger partial charge in [-0.1, -0.05) is 48.5 Å². The van der Waals surface area contributed by atoms with Gasteiger partial charge >= 0.3 is 0 Å². The van der Waals surface area contributed by atoms with Gasteiger partial charge < -0.3 is 15.7 Å². The lowest BCUT2D eigenvalue weighted by Gasteiger charge is -2.12. The number of nitrogens with zero attached hydrogens (tertiary/aromatic N) is 2. The number of aliphatic hydroxyl groups is 1. The van der Waals surface area contributed by atoms with Crippen LogP contribution in [0.15, 0.2) is 97.3 Å². The van der Waals surface area contributed by atoms with Crippen LogP contribution in [0.1, 0.15) is 27.6 Å². The molecular weight excluding hydrogens is 468 g/mol. The SMILES string of the molecule is O=C(Nc1ccc(CCNC[C@H](O)c2cccnc2)cc1)c1ccccc1-c1nc2ccccc2s1. The molecule has 2 aromatic heterocycles. The molecule has 0 saturated carbocycles.